The van der Waals surface area contributed by atoms with Crippen LogP contribution >= 0.6 is 0 Å². The van der Waals surface area contributed by atoms with Gasteiger partial charge in [-0.2, -0.15) is 10.2 Å². The number of H-pyrrole nitrogens is 2. The Morgan fingerprint density at radius 2 is 0.976 bits per heavy atom. The number of carbonyl (C=O) groups excluding carboxylic acids is 2. The summed E-state index contributed by atoms with van der Waals surface area (Å²) in [6.45, 7) is 0. The first-order chi connectivity index (χ1) is 20.6. The van der Waals surface area contributed by atoms with Crippen molar-refractivity contribution in [2.45, 2.75) is 0 Å². The van der Waals surface area contributed by atoms with Crippen LogP contribution in [-0.4, -0.2) is 34.2 Å². The minimum absolute atomic E-state index is 0.318. The predicted molar refractivity (Wildman–Crippen MR) is 168 cm³/mol. The van der Waals surface area contributed by atoms with Gasteiger partial charge in [0.15, 0.2) is 0 Å². The van der Waals surface area contributed by atoms with Crippen LogP contribution in [0.3, 0.4) is 0 Å². The fourth-order valence-corrected chi connectivity index (χ4v) is 5.16. The zero-order valence-electron chi connectivity index (χ0n) is 22.3. The van der Waals surface area contributed by atoms with E-state index in [4.69, 9.17) is 0 Å². The summed E-state index contributed by atoms with van der Waals surface area (Å²) in [6, 6.07) is 35.1. The van der Waals surface area contributed by atoms with Gasteiger partial charge in [0, 0.05) is 32.9 Å². The normalized spacial score (nSPS) is 11.8. The van der Waals surface area contributed by atoms with Crippen molar-refractivity contribution in [2.24, 2.45) is 10.2 Å². The number of nitrogens with one attached hydrogen (secondary N) is 4. The zero-order valence-corrected chi connectivity index (χ0v) is 22.3. The summed E-state index contributed by atoms with van der Waals surface area (Å²) >= 11 is 0. The Balaban J connectivity index is 1.13. The van der Waals surface area contributed by atoms with Gasteiger partial charge in [0.1, 0.15) is 11.4 Å². The van der Waals surface area contributed by atoms with E-state index in [2.05, 4.69) is 43.2 Å². The van der Waals surface area contributed by atoms with Gasteiger partial charge in [-0.1, -0.05) is 72.8 Å². The van der Waals surface area contributed by atoms with Crippen LogP contribution in [0.25, 0.3) is 43.4 Å². The van der Waals surface area contributed by atoms with Crippen molar-refractivity contribution in [3.8, 4) is 0 Å². The van der Waals surface area contributed by atoms with Gasteiger partial charge >= 0.3 is 0 Å². The highest BCUT2D eigenvalue weighted by Gasteiger charge is 2.10. The molecule has 8 heteroatoms. The van der Waals surface area contributed by atoms with E-state index in [0.29, 0.717) is 11.4 Å². The van der Waals surface area contributed by atoms with Crippen LogP contribution in [0.2, 0.25) is 0 Å². The van der Waals surface area contributed by atoms with E-state index in [1.165, 1.54) is 0 Å². The maximum atomic E-state index is 12.7. The zero-order chi connectivity index (χ0) is 28.5. The maximum Gasteiger partial charge on any atom is 0.287 e. The minimum atomic E-state index is -0.318. The Morgan fingerprint density at radius 1 is 0.524 bits per heavy atom. The highest BCUT2D eigenvalue weighted by atomic mass is 16.2. The Bertz CT molecular complexity index is 1990. The molecule has 7 rings (SSSR count). The molecule has 0 saturated carbocycles. The number of benzene rings is 5. The third-order valence-corrected chi connectivity index (χ3v) is 7.24. The molecule has 7 aromatic rings. The second kappa shape index (κ2) is 10.5. The van der Waals surface area contributed by atoms with E-state index in [0.717, 1.165) is 54.5 Å². The van der Waals surface area contributed by atoms with E-state index in [-0.39, 0.29) is 11.8 Å². The number of nitrogens with zero attached hydrogens (tertiary/aromatic N) is 2. The number of para-hydroxylation sites is 2. The average molecular weight is 549 g/mol. The summed E-state index contributed by atoms with van der Waals surface area (Å²) in [5.74, 6) is -0.637. The van der Waals surface area contributed by atoms with E-state index in [1.54, 1.807) is 24.6 Å². The van der Waals surface area contributed by atoms with Gasteiger partial charge in [0.2, 0.25) is 0 Å². The molecule has 4 N–H and O–H groups in total. The lowest BCUT2D eigenvalue weighted by Gasteiger charge is -2.08. The van der Waals surface area contributed by atoms with E-state index < -0.39 is 0 Å². The molecule has 0 aliphatic carbocycles. The van der Waals surface area contributed by atoms with Gasteiger partial charge < -0.3 is 9.97 Å². The van der Waals surface area contributed by atoms with Crippen molar-refractivity contribution in [3.63, 3.8) is 0 Å². The molecule has 2 amide bonds. The van der Waals surface area contributed by atoms with Gasteiger partial charge in [-0.15, -0.1) is 0 Å². The summed E-state index contributed by atoms with van der Waals surface area (Å²) in [6.07, 6.45) is 3.29. The van der Waals surface area contributed by atoms with Gasteiger partial charge in [-0.25, -0.2) is 10.9 Å². The van der Waals surface area contributed by atoms with E-state index in [1.807, 2.05) is 84.9 Å². The molecule has 0 spiro atoms. The number of hydrazone groups is 2. The summed E-state index contributed by atoms with van der Waals surface area (Å²) in [5.41, 5.74) is 9.61. The minimum Gasteiger partial charge on any atom is -0.350 e. The van der Waals surface area contributed by atoms with Gasteiger partial charge in [-0.05, 0) is 57.9 Å². The second-order valence-electron chi connectivity index (χ2n) is 9.93. The lowest BCUT2D eigenvalue weighted by molar-refractivity contribution is 0.0943. The standard InChI is InChI=1S/C34H24N6O2/c41-33(31-16-23-7-1-3-13-29(23)37-31)39-35-19-25-11-5-9-21-15-22-10-6-12-26(28(22)18-27(21)25)20-36-40-34(42)32-17-24-8-2-4-14-30(24)38-32/h1-20,37-38H,(H,39,41)(H,40,42)/b35-19+,36-20+. The van der Waals surface area contributed by atoms with Crippen LogP contribution < -0.4 is 10.9 Å². The van der Waals surface area contributed by atoms with Crippen molar-refractivity contribution in [2.75, 3.05) is 0 Å². The highest BCUT2D eigenvalue weighted by molar-refractivity contribution is 6.10. The molecule has 202 valence electrons. The van der Waals surface area contributed by atoms with Crippen LogP contribution in [0.1, 0.15) is 32.1 Å². The number of hydrogen-bond acceptors (Lipinski definition) is 4. The maximum absolute atomic E-state index is 12.7. The SMILES string of the molecule is O=C(N/N=C/c1cccc2cc3cccc(/C=N/NC(=O)c4cc5ccccc5[nH]4)c3cc12)c1cc2ccccc2[nH]1. The topological polar surface area (TPSA) is 114 Å². The molecule has 0 saturated heterocycles. The molecule has 0 bridgehead atoms. The van der Waals surface area contributed by atoms with Crippen molar-refractivity contribution in [1.29, 1.82) is 0 Å². The Morgan fingerprint density at radius 3 is 1.45 bits per heavy atom. The third kappa shape index (κ3) is 4.77. The summed E-state index contributed by atoms with van der Waals surface area (Å²) in [7, 11) is 0. The molecule has 2 aromatic heterocycles. The Labute approximate surface area is 239 Å². The number of aromatic amines is 2. The molecule has 2 heterocycles. The quantitative estimate of drug-likeness (QED) is 0.108. The van der Waals surface area contributed by atoms with Crippen molar-refractivity contribution in [1.82, 2.24) is 20.8 Å². The molecule has 42 heavy (non-hydrogen) atoms. The number of fused-ring (bicyclic) bond motifs is 4. The lowest BCUT2D eigenvalue weighted by Crippen LogP contribution is -2.17. The molecule has 0 radical (unpaired) electrons. The van der Waals surface area contributed by atoms with Crippen LogP contribution in [0, 0.1) is 0 Å². The summed E-state index contributed by atoms with van der Waals surface area (Å²) in [5, 5.41) is 14.4. The van der Waals surface area contributed by atoms with Crippen LogP contribution in [0.4, 0.5) is 0 Å². The first-order valence-electron chi connectivity index (χ1n) is 13.4. The van der Waals surface area contributed by atoms with Crippen molar-refractivity contribution >= 4 is 67.6 Å². The van der Waals surface area contributed by atoms with Gasteiger partial charge in [0.25, 0.3) is 11.8 Å². The molecule has 0 atom stereocenters. The third-order valence-electron chi connectivity index (χ3n) is 7.24. The molecule has 0 aliphatic rings. The van der Waals surface area contributed by atoms with Crippen LogP contribution in [0.15, 0.2) is 119 Å². The second-order valence-corrected chi connectivity index (χ2v) is 9.93. The molecule has 0 fully saturated rings. The first kappa shape index (κ1) is 25.0. The Kier molecular flexibility index (Phi) is 6.25. The Hall–Kier alpha value is -6.02. The fraction of sp³-hybridized carbons (Fsp3) is 0. The largest absolute Gasteiger partial charge is 0.350 e. The van der Waals surface area contributed by atoms with Gasteiger partial charge in [-0.3, -0.25) is 9.59 Å². The molecule has 0 aliphatic heterocycles. The van der Waals surface area contributed by atoms with Crippen LogP contribution in [-0.2, 0) is 0 Å². The average Bonchev–Trinajstić information content (AvgIpc) is 3.65. The molecule has 0 unspecified atom stereocenters. The molecular formula is C34H24N6O2. The van der Waals surface area contributed by atoms with E-state index >= 15 is 0 Å². The highest BCUT2D eigenvalue weighted by Crippen LogP contribution is 2.27. The summed E-state index contributed by atoms with van der Waals surface area (Å²) in [4.78, 5) is 31.6. The van der Waals surface area contributed by atoms with Crippen LogP contribution in [0.5, 0.6) is 0 Å². The smallest absolute Gasteiger partial charge is 0.287 e. The number of hydrogen-bond donors (Lipinski definition) is 4. The van der Waals surface area contributed by atoms with Gasteiger partial charge in [0.05, 0.1) is 12.4 Å². The van der Waals surface area contributed by atoms with Crippen molar-refractivity contribution in [3.05, 3.63) is 132 Å². The summed E-state index contributed by atoms with van der Waals surface area (Å²) < 4.78 is 0. The predicted octanol–water partition coefficient (Wildman–Crippen LogP) is 6.48. The number of aromatic nitrogens is 2. The molecular weight excluding hydrogens is 524 g/mol. The molecule has 5 aromatic carbocycles. The van der Waals surface area contributed by atoms with Crippen molar-refractivity contribution < 1.29 is 9.59 Å². The monoisotopic (exact) mass is 548 g/mol. The fourth-order valence-electron chi connectivity index (χ4n) is 5.16. The van der Waals surface area contributed by atoms with E-state index in [9.17, 15) is 9.59 Å². The lowest BCUT2D eigenvalue weighted by atomic mass is 9.97. The number of amides is 2. The number of rotatable bonds is 6. The first-order valence-corrected chi connectivity index (χ1v) is 13.4. The molecule has 8 nitrogen and oxygen atoms in total. The number of carbonyl (C=O) groups is 2.